The lowest BCUT2D eigenvalue weighted by atomic mass is 9.98. The van der Waals surface area contributed by atoms with Crippen LogP contribution in [0.3, 0.4) is 0 Å². The maximum absolute atomic E-state index is 12.2. The Morgan fingerprint density at radius 2 is 1.72 bits per heavy atom. The maximum atomic E-state index is 12.2. The molecule has 0 radical (unpaired) electrons. The van der Waals surface area contributed by atoms with Crippen LogP contribution in [-0.4, -0.2) is 53.6 Å². The SMILES string of the molecule is COC(=O)c1csc(C(O)C(O)CNC(=O)OCC2c3ccccc3-c3ccccc32)n1. The summed E-state index contributed by atoms with van der Waals surface area (Å²) in [6.07, 6.45) is -3.40. The highest BCUT2D eigenvalue weighted by atomic mass is 32.1. The number of aliphatic hydroxyl groups excluding tert-OH is 2. The molecule has 9 heteroatoms. The van der Waals surface area contributed by atoms with E-state index in [1.165, 1.54) is 12.5 Å². The van der Waals surface area contributed by atoms with E-state index < -0.39 is 24.3 Å². The molecule has 1 amide bonds. The van der Waals surface area contributed by atoms with Gasteiger partial charge in [0.15, 0.2) is 5.69 Å². The molecule has 0 fully saturated rings. The molecule has 2 aromatic carbocycles. The largest absolute Gasteiger partial charge is 0.464 e. The second-order valence-electron chi connectivity index (χ2n) is 7.28. The van der Waals surface area contributed by atoms with Gasteiger partial charge >= 0.3 is 12.1 Å². The number of aliphatic hydroxyl groups is 2. The van der Waals surface area contributed by atoms with E-state index in [-0.39, 0.29) is 29.8 Å². The molecule has 0 spiro atoms. The number of nitrogens with zero attached hydrogens (tertiary/aromatic N) is 1. The molecule has 2 unspecified atom stereocenters. The molecule has 8 nitrogen and oxygen atoms in total. The fraction of sp³-hybridized carbons (Fsp3) is 0.261. The fourth-order valence-electron chi connectivity index (χ4n) is 3.74. The van der Waals surface area contributed by atoms with Gasteiger partial charge in [0.1, 0.15) is 23.8 Å². The number of hydrogen-bond donors (Lipinski definition) is 3. The van der Waals surface area contributed by atoms with Crippen molar-refractivity contribution in [2.45, 2.75) is 18.1 Å². The minimum Gasteiger partial charge on any atom is -0.464 e. The molecule has 1 aliphatic rings. The minimum absolute atomic E-state index is 0.0447. The van der Waals surface area contributed by atoms with E-state index in [1.807, 2.05) is 36.4 Å². The number of alkyl carbamates (subject to hydrolysis) is 1. The van der Waals surface area contributed by atoms with Gasteiger partial charge in [0, 0.05) is 17.8 Å². The molecule has 32 heavy (non-hydrogen) atoms. The monoisotopic (exact) mass is 454 g/mol. The lowest BCUT2D eigenvalue weighted by Gasteiger charge is -2.18. The van der Waals surface area contributed by atoms with Crippen LogP contribution in [0.1, 0.15) is 38.6 Å². The Bertz CT molecular complexity index is 1090. The number of methoxy groups -OCH3 is 1. The van der Waals surface area contributed by atoms with Gasteiger partial charge in [-0.25, -0.2) is 14.6 Å². The third-order valence-electron chi connectivity index (χ3n) is 5.33. The Morgan fingerprint density at radius 3 is 2.34 bits per heavy atom. The number of aromatic nitrogens is 1. The van der Waals surface area contributed by atoms with Gasteiger partial charge in [-0.2, -0.15) is 0 Å². The van der Waals surface area contributed by atoms with E-state index in [2.05, 4.69) is 27.2 Å². The highest BCUT2D eigenvalue weighted by Gasteiger charge is 2.29. The molecule has 3 aromatic rings. The Morgan fingerprint density at radius 1 is 1.09 bits per heavy atom. The number of thiazole rings is 1. The van der Waals surface area contributed by atoms with Gasteiger partial charge in [0.2, 0.25) is 0 Å². The van der Waals surface area contributed by atoms with Crippen molar-refractivity contribution in [1.29, 1.82) is 0 Å². The van der Waals surface area contributed by atoms with E-state index in [0.717, 1.165) is 33.6 Å². The summed E-state index contributed by atoms with van der Waals surface area (Å²) in [5, 5.41) is 24.5. The van der Waals surface area contributed by atoms with Crippen molar-refractivity contribution in [2.75, 3.05) is 20.3 Å². The van der Waals surface area contributed by atoms with Gasteiger partial charge in [-0.05, 0) is 22.3 Å². The number of esters is 1. The van der Waals surface area contributed by atoms with E-state index >= 15 is 0 Å². The fourth-order valence-corrected chi connectivity index (χ4v) is 4.56. The smallest absolute Gasteiger partial charge is 0.407 e. The molecule has 3 N–H and O–H groups in total. The molecule has 166 valence electrons. The number of ether oxygens (including phenoxy) is 2. The molecular weight excluding hydrogens is 432 g/mol. The first-order valence-corrected chi connectivity index (χ1v) is 10.9. The number of carbonyl (C=O) groups excluding carboxylic acids is 2. The third kappa shape index (κ3) is 4.36. The summed E-state index contributed by atoms with van der Waals surface area (Å²) >= 11 is 1.01. The summed E-state index contributed by atoms with van der Waals surface area (Å²) in [5.41, 5.74) is 4.50. The minimum atomic E-state index is -1.37. The van der Waals surface area contributed by atoms with Gasteiger partial charge < -0.3 is 25.0 Å². The van der Waals surface area contributed by atoms with Crippen LogP contribution in [0.25, 0.3) is 11.1 Å². The van der Waals surface area contributed by atoms with Crippen molar-refractivity contribution in [3.63, 3.8) is 0 Å². The summed E-state index contributed by atoms with van der Waals surface area (Å²) < 4.78 is 9.98. The normalized spacial score (nSPS) is 14.2. The van der Waals surface area contributed by atoms with Crippen LogP contribution in [0.4, 0.5) is 4.79 Å². The van der Waals surface area contributed by atoms with Gasteiger partial charge in [-0.1, -0.05) is 48.5 Å². The third-order valence-corrected chi connectivity index (χ3v) is 6.25. The topological polar surface area (TPSA) is 118 Å². The van der Waals surface area contributed by atoms with Crippen molar-refractivity contribution in [3.8, 4) is 11.1 Å². The van der Waals surface area contributed by atoms with Crippen LogP contribution in [0.2, 0.25) is 0 Å². The van der Waals surface area contributed by atoms with Crippen LogP contribution in [0.5, 0.6) is 0 Å². The van der Waals surface area contributed by atoms with Crippen LogP contribution < -0.4 is 5.32 Å². The molecule has 2 atom stereocenters. The average Bonchev–Trinajstić information content (AvgIpc) is 3.44. The number of amides is 1. The summed E-state index contributed by atoms with van der Waals surface area (Å²) in [6.45, 7) is -0.0988. The first-order valence-electron chi connectivity index (χ1n) is 9.98. The van der Waals surface area contributed by atoms with Crippen molar-refractivity contribution in [2.24, 2.45) is 0 Å². The van der Waals surface area contributed by atoms with Crippen LogP contribution >= 0.6 is 11.3 Å². The molecule has 0 aliphatic heterocycles. The zero-order valence-electron chi connectivity index (χ0n) is 17.2. The van der Waals surface area contributed by atoms with Crippen molar-refractivity contribution >= 4 is 23.4 Å². The highest BCUT2D eigenvalue weighted by molar-refractivity contribution is 7.09. The molecular formula is C23H22N2O6S. The van der Waals surface area contributed by atoms with Gasteiger partial charge in [-0.15, -0.1) is 11.3 Å². The highest BCUT2D eigenvalue weighted by Crippen LogP contribution is 2.44. The first kappa shape index (κ1) is 21.9. The molecule has 1 heterocycles. The standard InChI is InChI=1S/C23H22N2O6S/c1-30-22(28)18-12-32-21(25-18)20(27)19(26)10-24-23(29)31-11-17-15-8-4-2-6-13(15)14-7-3-5-9-16(14)17/h2-9,12,17,19-20,26-27H,10-11H2,1H3,(H,24,29). The van der Waals surface area contributed by atoms with E-state index in [4.69, 9.17) is 4.74 Å². The predicted molar refractivity (Wildman–Crippen MR) is 117 cm³/mol. The molecule has 0 saturated carbocycles. The number of fused-ring (bicyclic) bond motifs is 3. The van der Waals surface area contributed by atoms with Crippen molar-refractivity contribution < 1.29 is 29.3 Å². The number of carbonyl (C=O) groups is 2. The van der Waals surface area contributed by atoms with Crippen molar-refractivity contribution in [3.05, 3.63) is 75.7 Å². The Hall–Kier alpha value is -3.27. The Kier molecular flexibility index (Phi) is 6.50. The zero-order chi connectivity index (χ0) is 22.7. The van der Waals surface area contributed by atoms with Gasteiger partial charge in [-0.3, -0.25) is 0 Å². The zero-order valence-corrected chi connectivity index (χ0v) is 18.0. The van der Waals surface area contributed by atoms with E-state index in [1.54, 1.807) is 0 Å². The van der Waals surface area contributed by atoms with E-state index in [9.17, 15) is 19.8 Å². The average molecular weight is 455 g/mol. The van der Waals surface area contributed by atoms with Crippen molar-refractivity contribution in [1.82, 2.24) is 10.3 Å². The summed E-state index contributed by atoms with van der Waals surface area (Å²) in [5.74, 6) is -0.707. The Balaban J connectivity index is 1.32. The summed E-state index contributed by atoms with van der Waals surface area (Å²) in [6, 6.07) is 16.0. The Labute approximate surface area is 188 Å². The first-order chi connectivity index (χ1) is 15.5. The molecule has 4 rings (SSSR count). The second-order valence-corrected chi connectivity index (χ2v) is 8.17. The molecule has 0 saturated heterocycles. The van der Waals surface area contributed by atoms with Crippen LogP contribution in [-0.2, 0) is 9.47 Å². The van der Waals surface area contributed by atoms with Crippen LogP contribution in [0, 0.1) is 0 Å². The molecule has 1 aromatic heterocycles. The van der Waals surface area contributed by atoms with Crippen LogP contribution in [0.15, 0.2) is 53.9 Å². The number of hydrogen-bond acceptors (Lipinski definition) is 8. The second kappa shape index (κ2) is 9.47. The lowest BCUT2D eigenvalue weighted by Crippen LogP contribution is -2.36. The molecule has 1 aliphatic carbocycles. The molecule has 0 bridgehead atoms. The van der Waals surface area contributed by atoms with Gasteiger partial charge in [0.25, 0.3) is 0 Å². The summed E-state index contributed by atoms with van der Waals surface area (Å²) in [4.78, 5) is 27.6. The van der Waals surface area contributed by atoms with Gasteiger partial charge in [0.05, 0.1) is 7.11 Å². The maximum Gasteiger partial charge on any atom is 0.407 e. The lowest BCUT2D eigenvalue weighted by molar-refractivity contribution is 0.0182. The number of rotatable bonds is 7. The number of benzene rings is 2. The quantitative estimate of drug-likeness (QED) is 0.470. The predicted octanol–water partition coefficient (Wildman–Crippen LogP) is 2.86. The summed E-state index contributed by atoms with van der Waals surface area (Å²) in [7, 11) is 1.23. The number of nitrogens with one attached hydrogen (secondary N) is 1. The van der Waals surface area contributed by atoms with E-state index in [0.29, 0.717) is 0 Å².